The number of hydrogen-bond acceptors (Lipinski definition) is 6. The van der Waals surface area contributed by atoms with Gasteiger partial charge in [0.05, 0.1) is 37.1 Å². The molecular weight excluding hydrogens is 442 g/mol. The number of aromatic nitrogens is 1. The molecule has 0 aliphatic carbocycles. The van der Waals surface area contributed by atoms with Gasteiger partial charge in [-0.05, 0) is 35.9 Å². The second-order valence-corrected chi connectivity index (χ2v) is 9.26. The van der Waals surface area contributed by atoms with E-state index >= 15 is 0 Å². The van der Waals surface area contributed by atoms with E-state index in [1.807, 2.05) is 30.3 Å². The van der Waals surface area contributed by atoms with Crippen LogP contribution < -0.4 is 19.6 Å². The lowest BCUT2D eigenvalue weighted by molar-refractivity contribution is 0.355. The number of fused-ring (bicyclic) bond motifs is 1. The average molecular weight is 466 g/mol. The zero-order valence-electron chi connectivity index (χ0n) is 18.4. The van der Waals surface area contributed by atoms with Gasteiger partial charge in [-0.25, -0.2) is 8.42 Å². The highest BCUT2D eigenvalue weighted by atomic mass is 32.2. The lowest BCUT2D eigenvalue weighted by Crippen LogP contribution is -2.20. The molecule has 0 aliphatic heterocycles. The Labute approximate surface area is 191 Å². The monoisotopic (exact) mass is 465 g/mol. The first kappa shape index (κ1) is 22.4. The Bertz CT molecular complexity index is 1460. The van der Waals surface area contributed by atoms with E-state index in [1.54, 1.807) is 22.8 Å². The highest BCUT2D eigenvalue weighted by molar-refractivity contribution is 7.91. The summed E-state index contributed by atoms with van der Waals surface area (Å²) >= 11 is 0. The molecule has 0 atom stereocenters. The first-order chi connectivity index (χ1) is 15.9. The van der Waals surface area contributed by atoms with Crippen molar-refractivity contribution < 1.29 is 22.6 Å². The predicted molar refractivity (Wildman–Crippen MR) is 125 cm³/mol. The van der Waals surface area contributed by atoms with E-state index in [1.165, 1.54) is 45.7 Å². The minimum absolute atomic E-state index is 0.00601. The molecule has 0 radical (unpaired) electrons. The van der Waals surface area contributed by atoms with Crippen LogP contribution in [0.3, 0.4) is 0 Å². The lowest BCUT2D eigenvalue weighted by atomic mass is 10.1. The van der Waals surface area contributed by atoms with Crippen LogP contribution in [0, 0.1) is 0 Å². The normalized spacial score (nSPS) is 11.4. The molecule has 7 nitrogen and oxygen atoms in total. The van der Waals surface area contributed by atoms with Gasteiger partial charge in [0.25, 0.3) is 0 Å². The van der Waals surface area contributed by atoms with Crippen molar-refractivity contribution in [1.29, 1.82) is 0 Å². The molecule has 0 fully saturated rings. The van der Waals surface area contributed by atoms with Gasteiger partial charge in [0.1, 0.15) is 10.6 Å². The molecule has 4 rings (SSSR count). The van der Waals surface area contributed by atoms with Crippen molar-refractivity contribution in [2.75, 3.05) is 21.3 Å². The Balaban J connectivity index is 2.00. The summed E-state index contributed by atoms with van der Waals surface area (Å²) in [6, 6.07) is 18.7. The Hall–Kier alpha value is -3.78. The summed E-state index contributed by atoms with van der Waals surface area (Å²) in [5.41, 5.74) is 0.881. The van der Waals surface area contributed by atoms with E-state index in [2.05, 4.69) is 0 Å². The smallest absolute Gasteiger partial charge is 0.211 e. The summed E-state index contributed by atoms with van der Waals surface area (Å²) in [7, 11) is 0.368. The molecular formula is C25H23NO6S. The van der Waals surface area contributed by atoms with Gasteiger partial charge in [-0.1, -0.05) is 30.3 Å². The number of sulfone groups is 1. The molecule has 1 heterocycles. The lowest BCUT2D eigenvalue weighted by Gasteiger charge is -2.16. The summed E-state index contributed by atoms with van der Waals surface area (Å²) in [6.45, 7) is 0.359. The van der Waals surface area contributed by atoms with Gasteiger partial charge >= 0.3 is 0 Å². The van der Waals surface area contributed by atoms with Crippen LogP contribution in [0.25, 0.3) is 10.9 Å². The maximum Gasteiger partial charge on any atom is 0.211 e. The number of nitrogens with zero attached hydrogens (tertiary/aromatic N) is 1. The van der Waals surface area contributed by atoms with Gasteiger partial charge in [0.2, 0.25) is 15.3 Å². The second-order valence-electron chi connectivity index (χ2n) is 7.34. The summed E-state index contributed by atoms with van der Waals surface area (Å²) < 4.78 is 44.6. The fourth-order valence-corrected chi connectivity index (χ4v) is 5.04. The van der Waals surface area contributed by atoms with E-state index in [9.17, 15) is 13.2 Å². The van der Waals surface area contributed by atoms with E-state index in [-0.39, 0.29) is 15.2 Å². The minimum Gasteiger partial charge on any atom is -0.497 e. The molecule has 33 heavy (non-hydrogen) atoms. The maximum atomic E-state index is 13.5. The molecule has 0 spiro atoms. The number of rotatable bonds is 7. The van der Waals surface area contributed by atoms with Crippen molar-refractivity contribution >= 4 is 20.7 Å². The largest absolute Gasteiger partial charge is 0.497 e. The molecule has 0 aliphatic rings. The molecule has 170 valence electrons. The summed E-state index contributed by atoms with van der Waals surface area (Å²) in [5, 5.41) is 0.221. The molecule has 0 amide bonds. The average Bonchev–Trinajstić information content (AvgIpc) is 2.85. The molecule has 0 bridgehead atoms. The highest BCUT2D eigenvalue weighted by Gasteiger charge is 2.25. The van der Waals surface area contributed by atoms with E-state index < -0.39 is 15.3 Å². The van der Waals surface area contributed by atoms with Crippen LogP contribution in [-0.2, 0) is 16.4 Å². The van der Waals surface area contributed by atoms with Gasteiger partial charge in [-0.2, -0.15) is 0 Å². The Morgan fingerprint density at radius 2 is 1.45 bits per heavy atom. The molecule has 0 N–H and O–H groups in total. The highest BCUT2D eigenvalue weighted by Crippen LogP contribution is 2.32. The van der Waals surface area contributed by atoms with Crippen molar-refractivity contribution in [3.05, 3.63) is 88.7 Å². The van der Waals surface area contributed by atoms with Gasteiger partial charge in [0, 0.05) is 18.8 Å². The number of methoxy groups -OCH3 is 3. The van der Waals surface area contributed by atoms with E-state index in [0.717, 1.165) is 5.56 Å². The zero-order chi connectivity index (χ0) is 23.6. The van der Waals surface area contributed by atoms with Crippen LogP contribution in [0.4, 0.5) is 0 Å². The van der Waals surface area contributed by atoms with Gasteiger partial charge in [-0.3, -0.25) is 4.79 Å². The number of benzene rings is 3. The van der Waals surface area contributed by atoms with Gasteiger partial charge < -0.3 is 18.8 Å². The molecule has 8 heteroatoms. The first-order valence-corrected chi connectivity index (χ1v) is 11.6. The van der Waals surface area contributed by atoms with E-state index in [0.29, 0.717) is 29.3 Å². The van der Waals surface area contributed by atoms with Crippen molar-refractivity contribution in [2.45, 2.75) is 16.3 Å². The number of pyridine rings is 1. The first-order valence-electron chi connectivity index (χ1n) is 10.1. The van der Waals surface area contributed by atoms with Crippen molar-refractivity contribution in [3.63, 3.8) is 0 Å². The summed E-state index contributed by atoms with van der Waals surface area (Å²) in [6.07, 6.45) is 1.39. The Morgan fingerprint density at radius 1 is 0.818 bits per heavy atom. The molecule has 0 saturated carbocycles. The summed E-state index contributed by atoms with van der Waals surface area (Å²) in [4.78, 5) is 13.1. The molecule has 0 unspecified atom stereocenters. The van der Waals surface area contributed by atoms with Crippen LogP contribution in [0.5, 0.6) is 17.2 Å². The minimum atomic E-state index is -4.10. The third-order valence-corrected chi connectivity index (χ3v) is 7.17. The van der Waals surface area contributed by atoms with Crippen molar-refractivity contribution in [2.24, 2.45) is 0 Å². The van der Waals surface area contributed by atoms with Crippen LogP contribution in [0.2, 0.25) is 0 Å². The Morgan fingerprint density at radius 3 is 2.06 bits per heavy atom. The van der Waals surface area contributed by atoms with Crippen molar-refractivity contribution in [3.8, 4) is 17.2 Å². The van der Waals surface area contributed by atoms with Crippen LogP contribution >= 0.6 is 0 Å². The van der Waals surface area contributed by atoms with Gasteiger partial charge in [0.15, 0.2) is 11.5 Å². The van der Waals surface area contributed by atoms with Crippen LogP contribution in [-0.4, -0.2) is 34.3 Å². The SMILES string of the molecule is COc1ccc(S(=O)(=O)c2cn(Cc3ccccc3)c3cc(OC)c(OC)cc3c2=O)cc1. The topological polar surface area (TPSA) is 83.8 Å². The Kier molecular flexibility index (Phi) is 6.11. The zero-order valence-corrected chi connectivity index (χ0v) is 19.3. The fourth-order valence-electron chi connectivity index (χ4n) is 3.67. The third-order valence-electron chi connectivity index (χ3n) is 5.41. The molecule has 4 aromatic rings. The molecule has 3 aromatic carbocycles. The maximum absolute atomic E-state index is 13.5. The fraction of sp³-hybridized carbons (Fsp3) is 0.160. The number of hydrogen-bond donors (Lipinski definition) is 0. The quantitative estimate of drug-likeness (QED) is 0.412. The number of ether oxygens (including phenoxy) is 3. The van der Waals surface area contributed by atoms with Crippen LogP contribution in [0.1, 0.15) is 5.56 Å². The second kappa shape index (κ2) is 8.99. The van der Waals surface area contributed by atoms with Gasteiger partial charge in [-0.15, -0.1) is 0 Å². The van der Waals surface area contributed by atoms with Crippen molar-refractivity contribution in [1.82, 2.24) is 4.57 Å². The molecule has 1 aromatic heterocycles. The predicted octanol–water partition coefficient (Wildman–Crippen LogP) is 3.91. The van der Waals surface area contributed by atoms with E-state index in [4.69, 9.17) is 14.2 Å². The molecule has 0 saturated heterocycles. The summed E-state index contributed by atoms with van der Waals surface area (Å²) in [5.74, 6) is 1.30. The third kappa shape index (κ3) is 4.17. The standard InChI is InChI=1S/C25H23NO6S/c1-30-18-9-11-19(12-10-18)33(28,29)24-16-26(15-17-7-5-4-6-8-17)21-14-23(32-3)22(31-2)13-20(21)25(24)27/h4-14,16H,15H2,1-3H3. The van der Waals surface area contributed by atoms with Crippen LogP contribution in [0.15, 0.2) is 87.5 Å².